The molecule has 0 bridgehead atoms. The first-order chi connectivity index (χ1) is 14.5. The predicted octanol–water partition coefficient (Wildman–Crippen LogP) is 4.60. The Morgan fingerprint density at radius 1 is 1.03 bits per heavy atom. The molecule has 1 aliphatic carbocycles. The standard InChI is InChI=1S/C23H17F2N3O2/c1-30-18-4-2-13(3-5-18)19-11-26-28-12-20-21(27-23(19)28)8-15(9-22(20)29)14-6-16(24)10-17(25)7-14/h2-7,10-12,15H,8-9H2,1H3. The number of hydrogen-bond donors (Lipinski definition) is 0. The fourth-order valence-electron chi connectivity index (χ4n) is 4.00. The van der Waals surface area contributed by atoms with Crippen molar-refractivity contribution in [2.45, 2.75) is 18.8 Å². The number of carbonyl (C=O) groups excluding carboxylic acids is 1. The Kier molecular flexibility index (Phi) is 4.31. The number of carbonyl (C=O) groups is 1. The van der Waals surface area contributed by atoms with Gasteiger partial charge in [0, 0.05) is 24.2 Å². The van der Waals surface area contributed by atoms with Gasteiger partial charge in [-0.1, -0.05) is 12.1 Å². The zero-order valence-corrected chi connectivity index (χ0v) is 16.1. The Labute approximate surface area is 170 Å². The van der Waals surface area contributed by atoms with E-state index in [4.69, 9.17) is 9.72 Å². The monoisotopic (exact) mass is 405 g/mol. The van der Waals surface area contributed by atoms with Gasteiger partial charge in [0.1, 0.15) is 17.4 Å². The zero-order chi connectivity index (χ0) is 20.8. The minimum atomic E-state index is -0.649. The van der Waals surface area contributed by atoms with Crippen molar-refractivity contribution in [1.82, 2.24) is 14.6 Å². The molecule has 0 N–H and O–H groups in total. The molecule has 30 heavy (non-hydrogen) atoms. The molecule has 2 heterocycles. The van der Waals surface area contributed by atoms with Gasteiger partial charge in [-0.15, -0.1) is 0 Å². The van der Waals surface area contributed by atoms with Gasteiger partial charge in [0.15, 0.2) is 11.4 Å². The zero-order valence-electron chi connectivity index (χ0n) is 16.1. The molecule has 0 amide bonds. The second-order valence-corrected chi connectivity index (χ2v) is 7.39. The lowest BCUT2D eigenvalue weighted by molar-refractivity contribution is 0.0962. The number of Topliss-reactive ketones (excluding diaryl/α,β-unsaturated/α-hetero) is 1. The Morgan fingerprint density at radius 3 is 2.47 bits per heavy atom. The second kappa shape index (κ2) is 7.02. The van der Waals surface area contributed by atoms with E-state index in [2.05, 4.69) is 5.10 Å². The van der Waals surface area contributed by atoms with Gasteiger partial charge in [0.05, 0.1) is 24.6 Å². The Bertz CT molecular complexity index is 1260. The molecule has 7 heteroatoms. The van der Waals surface area contributed by atoms with Crippen molar-refractivity contribution >= 4 is 11.4 Å². The molecule has 5 rings (SSSR count). The third kappa shape index (κ3) is 3.12. The van der Waals surface area contributed by atoms with Crippen LogP contribution in [0, 0.1) is 11.6 Å². The normalized spacial score (nSPS) is 16.0. The third-order valence-electron chi connectivity index (χ3n) is 5.50. The maximum Gasteiger partial charge on any atom is 0.166 e. The summed E-state index contributed by atoms with van der Waals surface area (Å²) in [4.78, 5) is 17.5. The fraction of sp³-hybridized carbons (Fsp3) is 0.174. The summed E-state index contributed by atoms with van der Waals surface area (Å²) >= 11 is 0. The van der Waals surface area contributed by atoms with Crippen molar-refractivity contribution < 1.29 is 18.3 Å². The summed E-state index contributed by atoms with van der Waals surface area (Å²) in [6.07, 6.45) is 4.00. The Morgan fingerprint density at radius 2 is 1.77 bits per heavy atom. The summed E-state index contributed by atoms with van der Waals surface area (Å²) in [5.74, 6) is -0.982. The van der Waals surface area contributed by atoms with Crippen LogP contribution in [0.4, 0.5) is 8.78 Å². The fourth-order valence-corrected chi connectivity index (χ4v) is 4.00. The first-order valence-corrected chi connectivity index (χ1v) is 9.52. The van der Waals surface area contributed by atoms with E-state index in [1.165, 1.54) is 12.1 Å². The summed E-state index contributed by atoms with van der Waals surface area (Å²) in [6.45, 7) is 0. The van der Waals surface area contributed by atoms with Crippen LogP contribution in [0.3, 0.4) is 0 Å². The van der Waals surface area contributed by atoms with Gasteiger partial charge in [0.25, 0.3) is 0 Å². The van der Waals surface area contributed by atoms with Gasteiger partial charge in [0.2, 0.25) is 0 Å². The number of hydrogen-bond acceptors (Lipinski definition) is 4. The molecule has 0 spiro atoms. The molecular formula is C23H17F2N3O2. The summed E-state index contributed by atoms with van der Waals surface area (Å²) in [5.41, 5.74) is 3.95. The molecule has 2 aromatic carbocycles. The van der Waals surface area contributed by atoms with E-state index in [1.807, 2.05) is 24.3 Å². The predicted molar refractivity (Wildman–Crippen MR) is 107 cm³/mol. The highest BCUT2D eigenvalue weighted by Crippen LogP contribution is 2.34. The van der Waals surface area contributed by atoms with Crippen LogP contribution < -0.4 is 4.74 Å². The first kappa shape index (κ1) is 18.4. The van der Waals surface area contributed by atoms with Crippen LogP contribution in [0.15, 0.2) is 54.9 Å². The highest BCUT2D eigenvalue weighted by atomic mass is 19.1. The van der Waals surface area contributed by atoms with E-state index in [1.54, 1.807) is 24.0 Å². The minimum Gasteiger partial charge on any atom is -0.497 e. The summed E-state index contributed by atoms with van der Waals surface area (Å²) < 4.78 is 34.2. The van der Waals surface area contributed by atoms with Gasteiger partial charge >= 0.3 is 0 Å². The van der Waals surface area contributed by atoms with Crippen LogP contribution in [0.5, 0.6) is 5.75 Å². The molecule has 2 aromatic heterocycles. The number of ether oxygens (including phenoxy) is 1. The minimum absolute atomic E-state index is 0.109. The molecular weight excluding hydrogens is 388 g/mol. The molecule has 1 aliphatic rings. The smallest absolute Gasteiger partial charge is 0.166 e. The van der Waals surface area contributed by atoms with Crippen molar-refractivity contribution in [3.05, 3.63) is 83.3 Å². The highest BCUT2D eigenvalue weighted by molar-refractivity contribution is 5.99. The average molecular weight is 405 g/mol. The van der Waals surface area contributed by atoms with Gasteiger partial charge in [-0.25, -0.2) is 18.3 Å². The number of benzene rings is 2. The van der Waals surface area contributed by atoms with Gasteiger partial charge < -0.3 is 4.74 Å². The molecule has 4 aromatic rings. The SMILES string of the molecule is COc1ccc(-c2cnn3cc4c(nc23)CC(c2cc(F)cc(F)c2)CC4=O)cc1. The van der Waals surface area contributed by atoms with Crippen molar-refractivity contribution in [3.8, 4) is 16.9 Å². The molecule has 0 fully saturated rings. The molecule has 0 radical (unpaired) electrons. The Balaban J connectivity index is 1.57. The van der Waals surface area contributed by atoms with Crippen LogP contribution in [0.2, 0.25) is 0 Å². The largest absolute Gasteiger partial charge is 0.497 e. The van der Waals surface area contributed by atoms with E-state index < -0.39 is 11.6 Å². The number of fused-ring (bicyclic) bond motifs is 2. The van der Waals surface area contributed by atoms with Crippen molar-refractivity contribution in [1.29, 1.82) is 0 Å². The van der Waals surface area contributed by atoms with E-state index in [0.717, 1.165) is 22.9 Å². The van der Waals surface area contributed by atoms with Crippen LogP contribution >= 0.6 is 0 Å². The third-order valence-corrected chi connectivity index (χ3v) is 5.50. The van der Waals surface area contributed by atoms with Crippen LogP contribution in [0.25, 0.3) is 16.8 Å². The number of methoxy groups -OCH3 is 1. The number of ketones is 1. The second-order valence-electron chi connectivity index (χ2n) is 7.39. The van der Waals surface area contributed by atoms with E-state index in [-0.39, 0.29) is 18.1 Å². The molecule has 0 saturated carbocycles. The molecule has 1 atom stereocenters. The van der Waals surface area contributed by atoms with Gasteiger partial charge in [-0.05, 0) is 47.7 Å². The van der Waals surface area contributed by atoms with Gasteiger partial charge in [-0.3, -0.25) is 4.79 Å². The van der Waals surface area contributed by atoms with Crippen molar-refractivity contribution in [3.63, 3.8) is 0 Å². The quantitative estimate of drug-likeness (QED) is 0.500. The van der Waals surface area contributed by atoms with E-state index >= 15 is 0 Å². The summed E-state index contributed by atoms with van der Waals surface area (Å²) in [6, 6.07) is 10.9. The van der Waals surface area contributed by atoms with E-state index in [0.29, 0.717) is 28.9 Å². The first-order valence-electron chi connectivity index (χ1n) is 9.52. The summed E-state index contributed by atoms with van der Waals surface area (Å²) in [7, 11) is 1.61. The molecule has 0 saturated heterocycles. The van der Waals surface area contributed by atoms with Crippen LogP contribution in [0.1, 0.15) is 34.0 Å². The van der Waals surface area contributed by atoms with Gasteiger partial charge in [-0.2, -0.15) is 5.10 Å². The maximum absolute atomic E-state index is 13.7. The van der Waals surface area contributed by atoms with Crippen molar-refractivity contribution in [2.24, 2.45) is 0 Å². The number of aromatic nitrogens is 3. The lowest BCUT2D eigenvalue weighted by atomic mass is 9.82. The average Bonchev–Trinajstić information content (AvgIpc) is 3.14. The molecule has 5 nitrogen and oxygen atoms in total. The lowest BCUT2D eigenvalue weighted by Gasteiger charge is -2.23. The lowest BCUT2D eigenvalue weighted by Crippen LogP contribution is -2.21. The number of rotatable bonds is 3. The molecule has 1 unspecified atom stereocenters. The highest BCUT2D eigenvalue weighted by Gasteiger charge is 2.29. The summed E-state index contributed by atoms with van der Waals surface area (Å²) in [5, 5.41) is 4.35. The molecule has 150 valence electrons. The Hall–Kier alpha value is -3.61. The van der Waals surface area contributed by atoms with E-state index in [9.17, 15) is 13.6 Å². The van der Waals surface area contributed by atoms with Crippen LogP contribution in [-0.2, 0) is 6.42 Å². The number of halogens is 2. The molecule has 0 aliphatic heterocycles. The van der Waals surface area contributed by atoms with Crippen molar-refractivity contribution in [2.75, 3.05) is 7.11 Å². The van der Waals surface area contributed by atoms with Crippen LogP contribution in [-0.4, -0.2) is 27.5 Å². The number of nitrogens with zero attached hydrogens (tertiary/aromatic N) is 3. The topological polar surface area (TPSA) is 56.5 Å². The maximum atomic E-state index is 13.7.